The maximum Gasteiger partial charge on any atom is 0.357 e. The summed E-state index contributed by atoms with van der Waals surface area (Å²) in [5, 5.41) is 11.1. The molecule has 0 aliphatic rings. The van der Waals surface area contributed by atoms with Crippen LogP contribution in [0.4, 0.5) is 0 Å². The summed E-state index contributed by atoms with van der Waals surface area (Å²) in [6, 6.07) is 7.54. The number of benzene rings is 1. The highest BCUT2D eigenvalue weighted by atomic mass is 79.9. The van der Waals surface area contributed by atoms with Crippen molar-refractivity contribution in [2.45, 2.75) is 13.8 Å². The first kappa shape index (κ1) is 14.4. The molecule has 0 saturated heterocycles. The lowest BCUT2D eigenvalue weighted by Crippen LogP contribution is -2.14. The van der Waals surface area contributed by atoms with Gasteiger partial charge in [-0.1, -0.05) is 28.1 Å². The molecule has 0 aliphatic heterocycles. The fraction of sp³-hybridized carbons (Fsp3) is 0.231. The Hall–Kier alpha value is -2.02. The summed E-state index contributed by atoms with van der Waals surface area (Å²) >= 11 is 3.37. The second-order valence-corrected chi connectivity index (χ2v) is 4.86. The molecule has 1 heterocycles. The Balaban J connectivity index is 2.43. The second kappa shape index (κ2) is 6.42. The summed E-state index contributed by atoms with van der Waals surface area (Å²) in [5.41, 5.74) is 1.13. The van der Waals surface area contributed by atoms with E-state index in [1.807, 2.05) is 24.3 Å². The van der Waals surface area contributed by atoms with Crippen LogP contribution < -0.4 is 0 Å². The zero-order chi connectivity index (χ0) is 14.5. The van der Waals surface area contributed by atoms with Gasteiger partial charge in [0.1, 0.15) is 0 Å². The predicted octanol–water partition coefficient (Wildman–Crippen LogP) is 2.31. The lowest BCUT2D eigenvalue weighted by Gasteiger charge is -2.07. The quantitative estimate of drug-likeness (QED) is 0.632. The Kier molecular flexibility index (Phi) is 4.62. The largest absolute Gasteiger partial charge is 0.461 e. The normalized spacial score (nSPS) is 11.4. The van der Waals surface area contributed by atoms with Gasteiger partial charge in [-0.05, 0) is 48.0 Å². The van der Waals surface area contributed by atoms with Gasteiger partial charge in [-0.3, -0.25) is 0 Å². The van der Waals surface area contributed by atoms with Crippen molar-refractivity contribution in [1.82, 2.24) is 20.2 Å². The molecule has 0 saturated carbocycles. The van der Waals surface area contributed by atoms with Crippen LogP contribution in [0, 0.1) is 6.92 Å². The second-order valence-electron chi connectivity index (χ2n) is 3.94. The van der Waals surface area contributed by atoms with E-state index in [2.05, 4.69) is 31.5 Å². The lowest BCUT2D eigenvalue weighted by molar-refractivity contribution is -0.136. The van der Waals surface area contributed by atoms with Gasteiger partial charge in [-0.15, -0.1) is 5.10 Å². The Bertz CT molecular complexity index is 634. The van der Waals surface area contributed by atoms with Gasteiger partial charge < -0.3 is 4.74 Å². The molecule has 0 N–H and O–H groups in total. The van der Waals surface area contributed by atoms with Crippen LogP contribution in [-0.4, -0.2) is 32.8 Å². The highest BCUT2D eigenvalue weighted by Gasteiger charge is 2.17. The molecule has 0 fully saturated rings. The summed E-state index contributed by atoms with van der Waals surface area (Å²) in [7, 11) is 0. The Morgan fingerprint density at radius 2 is 2.10 bits per heavy atom. The average molecular weight is 337 g/mol. The van der Waals surface area contributed by atoms with Crippen LogP contribution in [0.15, 0.2) is 28.7 Å². The van der Waals surface area contributed by atoms with Crippen LogP contribution in [0.25, 0.3) is 11.8 Å². The number of aryl methyl sites for hydroxylation is 1. The number of carbonyl (C=O) groups is 1. The number of esters is 1. The van der Waals surface area contributed by atoms with Gasteiger partial charge in [0.15, 0.2) is 11.5 Å². The van der Waals surface area contributed by atoms with Gasteiger partial charge in [0.05, 0.1) is 6.61 Å². The number of hydrogen-bond donors (Lipinski definition) is 0. The third-order valence-corrected chi connectivity index (χ3v) is 3.04. The standard InChI is InChI=1S/C13H13BrN4O2/c1-3-20-13(19)12(18-9(2)15-16-17-18)8-10-4-6-11(14)7-5-10/h4-8H,3H2,1-2H3/b12-8+. The molecule has 0 atom stereocenters. The smallest absolute Gasteiger partial charge is 0.357 e. The predicted molar refractivity (Wildman–Crippen MR) is 77.5 cm³/mol. The van der Waals surface area contributed by atoms with Gasteiger partial charge in [0.25, 0.3) is 0 Å². The minimum atomic E-state index is -0.467. The van der Waals surface area contributed by atoms with Crippen molar-refractivity contribution >= 4 is 33.7 Å². The zero-order valence-corrected chi connectivity index (χ0v) is 12.7. The Morgan fingerprint density at radius 3 is 2.65 bits per heavy atom. The zero-order valence-electron chi connectivity index (χ0n) is 11.1. The van der Waals surface area contributed by atoms with E-state index in [0.717, 1.165) is 10.0 Å². The van der Waals surface area contributed by atoms with Crippen LogP contribution in [-0.2, 0) is 9.53 Å². The van der Waals surface area contributed by atoms with Crippen molar-refractivity contribution in [3.63, 3.8) is 0 Å². The highest BCUT2D eigenvalue weighted by molar-refractivity contribution is 9.10. The minimum Gasteiger partial charge on any atom is -0.461 e. The van der Waals surface area contributed by atoms with E-state index in [0.29, 0.717) is 5.82 Å². The van der Waals surface area contributed by atoms with Crippen molar-refractivity contribution in [1.29, 1.82) is 0 Å². The molecule has 0 spiro atoms. The van der Waals surface area contributed by atoms with Crippen LogP contribution >= 0.6 is 15.9 Å². The van der Waals surface area contributed by atoms with Gasteiger partial charge in [-0.25, -0.2) is 4.79 Å². The average Bonchev–Trinajstić information content (AvgIpc) is 2.84. The van der Waals surface area contributed by atoms with Crippen molar-refractivity contribution in [2.24, 2.45) is 0 Å². The van der Waals surface area contributed by atoms with Gasteiger partial charge in [-0.2, -0.15) is 4.68 Å². The third-order valence-electron chi connectivity index (χ3n) is 2.51. The summed E-state index contributed by atoms with van der Waals surface area (Å²) in [4.78, 5) is 12.0. The van der Waals surface area contributed by atoms with E-state index in [1.165, 1.54) is 4.68 Å². The molecule has 0 unspecified atom stereocenters. The van der Waals surface area contributed by atoms with Gasteiger partial charge in [0.2, 0.25) is 0 Å². The topological polar surface area (TPSA) is 69.9 Å². The third kappa shape index (κ3) is 3.30. The summed E-state index contributed by atoms with van der Waals surface area (Å²) in [6.45, 7) is 3.76. The van der Waals surface area contributed by atoms with Crippen molar-refractivity contribution in [3.05, 3.63) is 40.1 Å². The number of tetrazole rings is 1. The first-order chi connectivity index (χ1) is 9.61. The van der Waals surface area contributed by atoms with Crippen LogP contribution in [0.2, 0.25) is 0 Å². The molecule has 0 aliphatic carbocycles. The van der Waals surface area contributed by atoms with Crippen LogP contribution in [0.3, 0.4) is 0 Å². The lowest BCUT2D eigenvalue weighted by atomic mass is 10.2. The molecule has 20 heavy (non-hydrogen) atoms. The monoisotopic (exact) mass is 336 g/mol. The number of halogens is 1. The van der Waals surface area contributed by atoms with Crippen LogP contribution in [0.1, 0.15) is 18.3 Å². The number of ether oxygens (including phenoxy) is 1. The van der Waals surface area contributed by atoms with E-state index in [-0.39, 0.29) is 12.3 Å². The van der Waals surface area contributed by atoms with Crippen molar-refractivity contribution < 1.29 is 9.53 Å². The van der Waals surface area contributed by atoms with Gasteiger partial charge >= 0.3 is 5.97 Å². The van der Waals surface area contributed by atoms with E-state index >= 15 is 0 Å². The molecular formula is C13H13BrN4O2. The summed E-state index contributed by atoms with van der Waals surface area (Å²) in [6.07, 6.45) is 1.69. The minimum absolute atomic E-state index is 0.275. The van der Waals surface area contributed by atoms with Crippen molar-refractivity contribution in [2.75, 3.05) is 6.61 Å². The molecule has 2 rings (SSSR count). The molecule has 0 amide bonds. The summed E-state index contributed by atoms with van der Waals surface area (Å²) in [5.74, 6) is 0.0484. The van der Waals surface area contributed by atoms with Crippen LogP contribution in [0.5, 0.6) is 0 Å². The fourth-order valence-corrected chi connectivity index (χ4v) is 1.85. The molecule has 0 bridgehead atoms. The molecular weight excluding hydrogens is 324 g/mol. The molecule has 1 aromatic heterocycles. The van der Waals surface area contributed by atoms with E-state index in [9.17, 15) is 4.79 Å². The molecule has 7 heteroatoms. The Morgan fingerprint density at radius 1 is 1.40 bits per heavy atom. The van der Waals surface area contributed by atoms with E-state index < -0.39 is 5.97 Å². The SMILES string of the molecule is CCOC(=O)/C(=C\c1ccc(Br)cc1)n1nnnc1C. The Labute approximate surface area is 124 Å². The summed E-state index contributed by atoms with van der Waals surface area (Å²) < 4.78 is 7.37. The molecule has 104 valence electrons. The first-order valence-electron chi connectivity index (χ1n) is 6.01. The molecule has 1 aromatic carbocycles. The molecule has 0 radical (unpaired) electrons. The molecule has 2 aromatic rings. The highest BCUT2D eigenvalue weighted by Crippen LogP contribution is 2.16. The van der Waals surface area contributed by atoms with E-state index in [4.69, 9.17) is 4.74 Å². The van der Waals surface area contributed by atoms with Crippen molar-refractivity contribution in [3.8, 4) is 0 Å². The number of aromatic nitrogens is 4. The molecule has 6 nitrogen and oxygen atoms in total. The maximum atomic E-state index is 12.0. The maximum absolute atomic E-state index is 12.0. The fourth-order valence-electron chi connectivity index (χ4n) is 1.58. The number of rotatable bonds is 4. The number of carbonyl (C=O) groups excluding carboxylic acids is 1. The van der Waals surface area contributed by atoms with Gasteiger partial charge in [0, 0.05) is 4.47 Å². The van der Waals surface area contributed by atoms with E-state index in [1.54, 1.807) is 19.9 Å². The number of nitrogens with zero attached hydrogens (tertiary/aromatic N) is 4. The number of hydrogen-bond acceptors (Lipinski definition) is 5. The first-order valence-corrected chi connectivity index (χ1v) is 6.81.